The highest BCUT2D eigenvalue weighted by atomic mass is 35.5. The van der Waals surface area contributed by atoms with Crippen molar-refractivity contribution in [2.45, 2.75) is 32.1 Å². The first kappa shape index (κ1) is 22.8. The van der Waals surface area contributed by atoms with Crippen LogP contribution in [0.15, 0.2) is 71.6 Å². The van der Waals surface area contributed by atoms with E-state index in [0.29, 0.717) is 22.8 Å². The summed E-state index contributed by atoms with van der Waals surface area (Å²) in [7, 11) is -3.96. The van der Waals surface area contributed by atoms with Gasteiger partial charge in [0, 0.05) is 10.7 Å². The molecular formula is C24H25ClN2O3S. The van der Waals surface area contributed by atoms with E-state index < -0.39 is 15.9 Å². The molecule has 3 aromatic rings. The van der Waals surface area contributed by atoms with Gasteiger partial charge >= 0.3 is 0 Å². The summed E-state index contributed by atoms with van der Waals surface area (Å²) >= 11 is 5.99. The van der Waals surface area contributed by atoms with E-state index >= 15 is 0 Å². The summed E-state index contributed by atoms with van der Waals surface area (Å²) in [6.45, 7) is 5.32. The van der Waals surface area contributed by atoms with E-state index in [1.54, 1.807) is 54.6 Å². The van der Waals surface area contributed by atoms with Gasteiger partial charge in [-0.15, -0.1) is 0 Å². The molecule has 0 radical (unpaired) electrons. The highest BCUT2D eigenvalue weighted by Crippen LogP contribution is 2.28. The highest BCUT2D eigenvalue weighted by molar-refractivity contribution is 7.92. The van der Waals surface area contributed by atoms with Crippen LogP contribution in [0.5, 0.6) is 0 Å². The SMILES string of the molecule is CCc1ccccc1N(CC(=O)Nc1ccc(Cl)cc1C)S(=O)(=O)c1ccc(C)cc1. The monoisotopic (exact) mass is 456 g/mol. The Kier molecular flexibility index (Phi) is 7.03. The van der Waals surface area contributed by atoms with E-state index in [0.717, 1.165) is 16.7 Å². The maximum absolute atomic E-state index is 13.5. The van der Waals surface area contributed by atoms with E-state index in [-0.39, 0.29) is 11.4 Å². The van der Waals surface area contributed by atoms with Crippen molar-refractivity contribution >= 4 is 38.9 Å². The molecule has 0 heterocycles. The van der Waals surface area contributed by atoms with Crippen LogP contribution in [0.3, 0.4) is 0 Å². The lowest BCUT2D eigenvalue weighted by atomic mass is 10.1. The van der Waals surface area contributed by atoms with Gasteiger partial charge in [0.05, 0.1) is 10.6 Å². The van der Waals surface area contributed by atoms with Crippen LogP contribution in [0.2, 0.25) is 5.02 Å². The maximum Gasteiger partial charge on any atom is 0.264 e. The fourth-order valence-corrected chi connectivity index (χ4v) is 4.96. The molecule has 0 aromatic heterocycles. The van der Waals surface area contributed by atoms with Crippen molar-refractivity contribution in [1.29, 1.82) is 0 Å². The highest BCUT2D eigenvalue weighted by Gasteiger charge is 2.28. The third-order valence-corrected chi connectivity index (χ3v) is 7.01. The van der Waals surface area contributed by atoms with Crippen LogP contribution in [-0.4, -0.2) is 20.9 Å². The zero-order valence-electron chi connectivity index (χ0n) is 17.7. The number of halogens is 1. The first-order valence-corrected chi connectivity index (χ1v) is 11.8. The lowest BCUT2D eigenvalue weighted by molar-refractivity contribution is -0.114. The maximum atomic E-state index is 13.5. The van der Waals surface area contributed by atoms with Crippen molar-refractivity contribution < 1.29 is 13.2 Å². The average molecular weight is 457 g/mol. The molecule has 0 aliphatic heterocycles. The number of nitrogens with zero attached hydrogens (tertiary/aromatic N) is 1. The number of nitrogens with one attached hydrogen (secondary N) is 1. The molecule has 3 rings (SSSR count). The molecule has 3 aromatic carbocycles. The predicted molar refractivity (Wildman–Crippen MR) is 126 cm³/mol. The number of sulfonamides is 1. The van der Waals surface area contributed by atoms with E-state index in [4.69, 9.17) is 11.6 Å². The zero-order chi connectivity index (χ0) is 22.6. The number of para-hydroxylation sites is 1. The Morgan fingerprint density at radius 2 is 1.68 bits per heavy atom. The first-order valence-electron chi connectivity index (χ1n) is 9.95. The van der Waals surface area contributed by atoms with Crippen molar-refractivity contribution in [2.24, 2.45) is 0 Å². The number of aryl methyl sites for hydroxylation is 3. The molecule has 5 nitrogen and oxygen atoms in total. The van der Waals surface area contributed by atoms with Crippen molar-refractivity contribution in [3.63, 3.8) is 0 Å². The number of carbonyl (C=O) groups excluding carboxylic acids is 1. The topological polar surface area (TPSA) is 66.5 Å². The number of carbonyl (C=O) groups is 1. The number of hydrogen-bond acceptors (Lipinski definition) is 3. The lowest BCUT2D eigenvalue weighted by Crippen LogP contribution is -2.38. The summed E-state index contributed by atoms with van der Waals surface area (Å²) in [6, 6.07) is 19.0. The Hall–Kier alpha value is -2.83. The minimum absolute atomic E-state index is 0.138. The largest absolute Gasteiger partial charge is 0.324 e. The molecule has 162 valence electrons. The molecule has 0 saturated heterocycles. The van der Waals surface area contributed by atoms with Crippen LogP contribution in [0.1, 0.15) is 23.6 Å². The standard InChI is InChI=1S/C24H25ClN2O3S/c1-4-19-7-5-6-8-23(19)27(31(29,30)21-12-9-17(2)10-13-21)16-24(28)26-22-14-11-20(25)15-18(22)3/h5-15H,4,16H2,1-3H3,(H,26,28). The van der Waals surface area contributed by atoms with Gasteiger partial charge in [-0.1, -0.05) is 54.4 Å². The number of amides is 1. The summed E-state index contributed by atoms with van der Waals surface area (Å²) in [4.78, 5) is 13.1. The Balaban J connectivity index is 1.99. The summed E-state index contributed by atoms with van der Waals surface area (Å²) in [6.07, 6.45) is 0.633. The fraction of sp³-hybridized carbons (Fsp3) is 0.208. The summed E-state index contributed by atoms with van der Waals surface area (Å²) < 4.78 is 28.3. The van der Waals surface area contributed by atoms with E-state index in [1.807, 2.05) is 32.9 Å². The molecule has 0 spiro atoms. The third-order valence-electron chi connectivity index (χ3n) is 5.00. The van der Waals surface area contributed by atoms with Crippen LogP contribution in [0.25, 0.3) is 0 Å². The van der Waals surface area contributed by atoms with Gasteiger partial charge < -0.3 is 5.32 Å². The van der Waals surface area contributed by atoms with Gasteiger partial charge in [-0.2, -0.15) is 0 Å². The van der Waals surface area contributed by atoms with Crippen LogP contribution in [-0.2, 0) is 21.2 Å². The van der Waals surface area contributed by atoms with E-state index in [1.165, 1.54) is 4.31 Å². The van der Waals surface area contributed by atoms with Gasteiger partial charge in [0.2, 0.25) is 5.91 Å². The van der Waals surface area contributed by atoms with Crippen molar-refractivity contribution in [2.75, 3.05) is 16.2 Å². The Labute approximate surface area is 188 Å². The number of anilines is 2. The average Bonchev–Trinajstić information content (AvgIpc) is 2.74. The van der Waals surface area contributed by atoms with Crippen molar-refractivity contribution in [1.82, 2.24) is 0 Å². The molecule has 1 N–H and O–H groups in total. The van der Waals surface area contributed by atoms with E-state index in [9.17, 15) is 13.2 Å². The molecule has 31 heavy (non-hydrogen) atoms. The fourth-order valence-electron chi connectivity index (χ4n) is 3.28. The van der Waals surface area contributed by atoms with Crippen molar-refractivity contribution in [3.05, 3.63) is 88.4 Å². The first-order chi connectivity index (χ1) is 14.7. The molecular weight excluding hydrogens is 432 g/mol. The van der Waals surface area contributed by atoms with Crippen LogP contribution in [0.4, 0.5) is 11.4 Å². The van der Waals surface area contributed by atoms with Crippen LogP contribution < -0.4 is 9.62 Å². The van der Waals surface area contributed by atoms with Gasteiger partial charge in [-0.05, 0) is 67.8 Å². The molecule has 0 unspecified atom stereocenters. The minimum atomic E-state index is -3.96. The summed E-state index contributed by atoms with van der Waals surface area (Å²) in [5, 5.41) is 3.37. The van der Waals surface area contributed by atoms with Crippen molar-refractivity contribution in [3.8, 4) is 0 Å². The Morgan fingerprint density at radius 1 is 1.00 bits per heavy atom. The second kappa shape index (κ2) is 9.54. The second-order valence-electron chi connectivity index (χ2n) is 7.31. The molecule has 0 fully saturated rings. The molecule has 0 saturated carbocycles. The van der Waals surface area contributed by atoms with E-state index in [2.05, 4.69) is 5.32 Å². The summed E-state index contributed by atoms with van der Waals surface area (Å²) in [5.41, 5.74) is 3.67. The second-order valence-corrected chi connectivity index (χ2v) is 9.61. The molecule has 0 aliphatic carbocycles. The minimum Gasteiger partial charge on any atom is -0.324 e. The molecule has 1 amide bonds. The number of benzene rings is 3. The third kappa shape index (κ3) is 5.27. The van der Waals surface area contributed by atoms with Gasteiger partial charge in [0.1, 0.15) is 6.54 Å². The number of rotatable bonds is 7. The van der Waals surface area contributed by atoms with Gasteiger partial charge in [0.15, 0.2) is 0 Å². The molecule has 0 aliphatic rings. The zero-order valence-corrected chi connectivity index (χ0v) is 19.3. The number of hydrogen-bond donors (Lipinski definition) is 1. The van der Waals surface area contributed by atoms with Gasteiger partial charge in [-0.3, -0.25) is 9.10 Å². The smallest absolute Gasteiger partial charge is 0.264 e. The normalized spacial score (nSPS) is 11.2. The Bertz CT molecular complexity index is 1190. The quantitative estimate of drug-likeness (QED) is 0.520. The van der Waals surface area contributed by atoms with Gasteiger partial charge in [0.25, 0.3) is 10.0 Å². The molecule has 0 atom stereocenters. The van der Waals surface area contributed by atoms with Crippen LogP contribution in [0, 0.1) is 13.8 Å². The molecule has 0 bridgehead atoms. The van der Waals surface area contributed by atoms with Crippen LogP contribution >= 0.6 is 11.6 Å². The van der Waals surface area contributed by atoms with Gasteiger partial charge in [-0.25, -0.2) is 8.42 Å². The lowest BCUT2D eigenvalue weighted by Gasteiger charge is -2.26. The molecule has 7 heteroatoms. The Morgan fingerprint density at radius 3 is 2.32 bits per heavy atom. The predicted octanol–water partition coefficient (Wildman–Crippen LogP) is 5.35. The summed E-state index contributed by atoms with van der Waals surface area (Å²) in [5.74, 6) is -0.438.